The van der Waals surface area contributed by atoms with Crippen molar-refractivity contribution in [1.29, 1.82) is 0 Å². The summed E-state index contributed by atoms with van der Waals surface area (Å²) >= 11 is 3.12. The van der Waals surface area contributed by atoms with Crippen molar-refractivity contribution in [2.45, 2.75) is 4.90 Å². The van der Waals surface area contributed by atoms with Crippen molar-refractivity contribution in [2.75, 3.05) is 11.6 Å². The fourth-order valence-corrected chi connectivity index (χ4v) is 4.39. The molecule has 3 nitrogen and oxygen atoms in total. The van der Waals surface area contributed by atoms with Crippen LogP contribution in [0.1, 0.15) is 9.67 Å². The third-order valence-corrected chi connectivity index (χ3v) is 5.94. The van der Waals surface area contributed by atoms with Gasteiger partial charge in [0, 0.05) is 33.9 Å². The summed E-state index contributed by atoms with van der Waals surface area (Å²) in [6.45, 7) is 0. The standard InChI is InChI=1S/C22H18N2OS2/c1-26-18-11-7-10-17(14-18)23-22(25)21-20(24-12-5-6-13-24)19(15-27-21)16-8-3-2-4-9-16/h2-15H,1H3,(H,23,25). The molecule has 0 aliphatic heterocycles. The smallest absolute Gasteiger partial charge is 0.267 e. The molecule has 0 saturated heterocycles. The summed E-state index contributed by atoms with van der Waals surface area (Å²) in [6.07, 6.45) is 5.97. The average Bonchev–Trinajstić information content (AvgIpc) is 3.38. The van der Waals surface area contributed by atoms with E-state index >= 15 is 0 Å². The maximum absolute atomic E-state index is 13.1. The van der Waals surface area contributed by atoms with Gasteiger partial charge in [-0.05, 0) is 42.2 Å². The van der Waals surface area contributed by atoms with Gasteiger partial charge in [-0.1, -0.05) is 36.4 Å². The Labute approximate surface area is 166 Å². The number of aromatic nitrogens is 1. The van der Waals surface area contributed by atoms with E-state index in [1.807, 2.05) is 77.8 Å². The maximum Gasteiger partial charge on any atom is 0.267 e. The molecule has 0 saturated carbocycles. The van der Waals surface area contributed by atoms with Crippen molar-refractivity contribution in [3.8, 4) is 16.8 Å². The number of hydrogen-bond donors (Lipinski definition) is 1. The topological polar surface area (TPSA) is 34.0 Å². The molecular formula is C22H18N2OS2. The van der Waals surface area contributed by atoms with Crippen LogP contribution in [0.5, 0.6) is 0 Å². The van der Waals surface area contributed by atoms with Gasteiger partial charge in [0.25, 0.3) is 5.91 Å². The van der Waals surface area contributed by atoms with Crippen LogP contribution in [-0.2, 0) is 0 Å². The molecule has 0 spiro atoms. The highest BCUT2D eigenvalue weighted by atomic mass is 32.2. The Morgan fingerprint density at radius 3 is 2.52 bits per heavy atom. The molecule has 0 aliphatic rings. The zero-order valence-electron chi connectivity index (χ0n) is 14.8. The number of thiophene rings is 1. The lowest BCUT2D eigenvalue weighted by Gasteiger charge is -2.10. The fraction of sp³-hybridized carbons (Fsp3) is 0.0455. The van der Waals surface area contributed by atoms with Crippen molar-refractivity contribution >= 4 is 34.7 Å². The van der Waals surface area contributed by atoms with Crippen molar-refractivity contribution in [2.24, 2.45) is 0 Å². The predicted molar refractivity (Wildman–Crippen MR) is 115 cm³/mol. The van der Waals surface area contributed by atoms with Crippen LogP contribution in [0, 0.1) is 0 Å². The molecule has 134 valence electrons. The van der Waals surface area contributed by atoms with E-state index in [2.05, 4.69) is 22.8 Å². The largest absolute Gasteiger partial charge is 0.322 e. The summed E-state index contributed by atoms with van der Waals surface area (Å²) in [5.74, 6) is -0.0934. The molecule has 0 atom stereocenters. The van der Waals surface area contributed by atoms with Crippen LogP contribution >= 0.6 is 23.1 Å². The second-order valence-electron chi connectivity index (χ2n) is 5.97. The van der Waals surface area contributed by atoms with Crippen molar-refractivity contribution in [3.05, 3.63) is 89.4 Å². The zero-order valence-corrected chi connectivity index (χ0v) is 16.4. The Kier molecular flexibility index (Phi) is 5.14. The lowest BCUT2D eigenvalue weighted by Crippen LogP contribution is -2.13. The highest BCUT2D eigenvalue weighted by Gasteiger charge is 2.20. The van der Waals surface area contributed by atoms with Crippen LogP contribution in [0.15, 0.2) is 89.4 Å². The summed E-state index contributed by atoms with van der Waals surface area (Å²) in [7, 11) is 0. The normalized spacial score (nSPS) is 10.7. The van der Waals surface area contributed by atoms with Gasteiger partial charge in [0.05, 0.1) is 5.69 Å². The number of hydrogen-bond acceptors (Lipinski definition) is 3. The van der Waals surface area contributed by atoms with E-state index in [9.17, 15) is 4.79 Å². The van der Waals surface area contributed by atoms with Crippen molar-refractivity contribution in [3.63, 3.8) is 0 Å². The Hall–Kier alpha value is -2.76. The quantitative estimate of drug-likeness (QED) is 0.413. The number of carbonyl (C=O) groups is 1. The van der Waals surface area contributed by atoms with E-state index in [0.29, 0.717) is 4.88 Å². The van der Waals surface area contributed by atoms with Crippen molar-refractivity contribution < 1.29 is 4.79 Å². The molecule has 0 bridgehead atoms. The molecule has 1 N–H and O–H groups in total. The van der Waals surface area contributed by atoms with Crippen molar-refractivity contribution in [1.82, 2.24) is 4.57 Å². The molecule has 2 heterocycles. The van der Waals surface area contributed by atoms with Gasteiger partial charge in [0.15, 0.2) is 0 Å². The minimum absolute atomic E-state index is 0.0934. The SMILES string of the molecule is CSc1cccc(NC(=O)c2scc(-c3ccccc3)c2-n2cccc2)c1. The van der Waals surface area contributed by atoms with E-state index in [0.717, 1.165) is 27.4 Å². The molecule has 0 aliphatic carbocycles. The Bertz CT molecular complexity index is 1050. The molecule has 27 heavy (non-hydrogen) atoms. The monoisotopic (exact) mass is 390 g/mol. The molecule has 4 aromatic rings. The second-order valence-corrected chi connectivity index (χ2v) is 7.73. The van der Waals surface area contributed by atoms with Gasteiger partial charge < -0.3 is 9.88 Å². The number of benzene rings is 2. The van der Waals surface area contributed by atoms with Gasteiger partial charge in [0.1, 0.15) is 4.88 Å². The molecule has 2 aromatic carbocycles. The van der Waals surface area contributed by atoms with Gasteiger partial charge in [-0.3, -0.25) is 4.79 Å². The number of thioether (sulfide) groups is 1. The molecule has 2 aromatic heterocycles. The molecule has 4 rings (SSSR count). The van der Waals surface area contributed by atoms with E-state index in [4.69, 9.17) is 0 Å². The fourth-order valence-electron chi connectivity index (χ4n) is 2.96. The minimum atomic E-state index is -0.0934. The molecule has 0 fully saturated rings. The number of nitrogens with one attached hydrogen (secondary N) is 1. The highest BCUT2D eigenvalue weighted by Crippen LogP contribution is 2.35. The number of nitrogens with zero attached hydrogens (tertiary/aromatic N) is 1. The van der Waals surface area contributed by atoms with Crippen LogP contribution in [-0.4, -0.2) is 16.7 Å². The minimum Gasteiger partial charge on any atom is -0.322 e. The molecule has 0 unspecified atom stereocenters. The van der Waals surface area contributed by atoms with Crippen LogP contribution < -0.4 is 5.32 Å². The van der Waals surface area contributed by atoms with Gasteiger partial charge in [-0.15, -0.1) is 23.1 Å². The van der Waals surface area contributed by atoms with Gasteiger partial charge >= 0.3 is 0 Å². The first-order valence-corrected chi connectivity index (χ1v) is 10.6. The second kappa shape index (κ2) is 7.86. The van der Waals surface area contributed by atoms with E-state index in [1.165, 1.54) is 11.3 Å². The van der Waals surface area contributed by atoms with Crippen LogP contribution in [0.25, 0.3) is 16.8 Å². The Morgan fingerprint density at radius 2 is 1.78 bits per heavy atom. The van der Waals surface area contributed by atoms with Crippen LogP contribution in [0.3, 0.4) is 0 Å². The Balaban J connectivity index is 1.74. The number of rotatable bonds is 5. The van der Waals surface area contributed by atoms with Crippen LogP contribution in [0.4, 0.5) is 5.69 Å². The van der Waals surface area contributed by atoms with Crippen LogP contribution in [0.2, 0.25) is 0 Å². The first-order chi connectivity index (χ1) is 13.3. The number of anilines is 1. The van der Waals surface area contributed by atoms with Gasteiger partial charge in [-0.25, -0.2) is 0 Å². The summed E-state index contributed by atoms with van der Waals surface area (Å²) in [6, 6.07) is 22.0. The predicted octanol–water partition coefficient (Wildman–Crippen LogP) is 6.18. The van der Waals surface area contributed by atoms with E-state index < -0.39 is 0 Å². The first kappa shape index (κ1) is 17.6. The third-order valence-electron chi connectivity index (χ3n) is 4.25. The van der Waals surface area contributed by atoms with Gasteiger partial charge in [0.2, 0.25) is 0 Å². The lowest BCUT2D eigenvalue weighted by atomic mass is 10.1. The van der Waals surface area contributed by atoms with E-state index in [1.54, 1.807) is 11.8 Å². The number of carbonyl (C=O) groups excluding carboxylic acids is 1. The summed E-state index contributed by atoms with van der Waals surface area (Å²) < 4.78 is 2.01. The highest BCUT2D eigenvalue weighted by molar-refractivity contribution is 7.98. The van der Waals surface area contributed by atoms with Gasteiger partial charge in [-0.2, -0.15) is 0 Å². The molecule has 5 heteroatoms. The summed E-state index contributed by atoms with van der Waals surface area (Å²) in [5, 5.41) is 5.10. The van der Waals surface area contributed by atoms with E-state index in [-0.39, 0.29) is 5.91 Å². The summed E-state index contributed by atoms with van der Waals surface area (Å²) in [5.41, 5.74) is 3.87. The third kappa shape index (κ3) is 3.70. The number of amides is 1. The zero-order chi connectivity index (χ0) is 18.6. The average molecular weight is 391 g/mol. The first-order valence-electron chi connectivity index (χ1n) is 8.52. The molecule has 0 radical (unpaired) electrons. The molecule has 1 amide bonds. The maximum atomic E-state index is 13.1. The lowest BCUT2D eigenvalue weighted by molar-refractivity contribution is 0.103. The molecular weight excluding hydrogens is 372 g/mol. The Morgan fingerprint density at radius 1 is 1.00 bits per heavy atom. The summed E-state index contributed by atoms with van der Waals surface area (Å²) in [4.78, 5) is 14.9.